The van der Waals surface area contributed by atoms with Crippen LogP contribution in [0.2, 0.25) is 0 Å². The number of carbonyl (C=O) groups is 3. The van der Waals surface area contributed by atoms with Gasteiger partial charge in [0.05, 0.1) is 12.0 Å². The molecule has 1 aromatic heterocycles. The highest BCUT2D eigenvalue weighted by Crippen LogP contribution is 2.41. The van der Waals surface area contributed by atoms with Crippen LogP contribution in [0.25, 0.3) is 0 Å². The summed E-state index contributed by atoms with van der Waals surface area (Å²) >= 11 is 1.49. The molecular weight excluding hydrogens is 300 g/mol. The Bertz CT molecular complexity index is 845. The predicted molar refractivity (Wildman–Crippen MR) is 79.9 cm³/mol. The van der Waals surface area contributed by atoms with Crippen LogP contribution in [-0.4, -0.2) is 17.5 Å². The van der Waals surface area contributed by atoms with Gasteiger partial charge in [-0.25, -0.2) is 0 Å². The minimum absolute atomic E-state index is 0.0801. The van der Waals surface area contributed by atoms with Crippen molar-refractivity contribution in [3.8, 4) is 0 Å². The number of fused-ring (bicyclic) bond motifs is 1. The van der Waals surface area contributed by atoms with Crippen LogP contribution in [0.1, 0.15) is 38.6 Å². The van der Waals surface area contributed by atoms with Gasteiger partial charge in [-0.1, -0.05) is 24.3 Å². The lowest BCUT2D eigenvalue weighted by molar-refractivity contribution is -0.140. The quantitative estimate of drug-likeness (QED) is 0.759. The molecule has 2 heterocycles. The van der Waals surface area contributed by atoms with Crippen molar-refractivity contribution in [2.45, 2.75) is 12.3 Å². The number of carbonyl (C=O) groups excluding carboxylic acids is 3. The number of esters is 1. The Balaban J connectivity index is 1.94. The summed E-state index contributed by atoms with van der Waals surface area (Å²) < 4.78 is 5.13. The molecule has 0 fully saturated rings. The molecular formula is C17H10O4S. The average molecular weight is 310 g/mol. The molecule has 0 saturated carbocycles. The molecule has 1 atom stereocenters. The largest absolute Gasteiger partial charge is 0.422 e. The highest BCUT2D eigenvalue weighted by Gasteiger charge is 2.42. The smallest absolute Gasteiger partial charge is 0.312 e. The number of hydrogen-bond acceptors (Lipinski definition) is 5. The molecule has 4 rings (SSSR count). The first kappa shape index (κ1) is 13.2. The molecule has 0 saturated heterocycles. The Hall–Kier alpha value is -2.53. The molecule has 108 valence electrons. The van der Waals surface area contributed by atoms with E-state index >= 15 is 0 Å². The number of ether oxygens (including phenoxy) is 1. The third-order valence-corrected chi connectivity index (χ3v) is 4.69. The Labute approximate surface area is 130 Å². The number of benzene rings is 1. The molecule has 22 heavy (non-hydrogen) atoms. The van der Waals surface area contributed by atoms with Crippen LogP contribution in [0.15, 0.2) is 52.4 Å². The summed E-state index contributed by atoms with van der Waals surface area (Å²) in [6.45, 7) is 0. The zero-order chi connectivity index (χ0) is 15.3. The number of allylic oxidation sites excluding steroid dienone is 2. The van der Waals surface area contributed by atoms with Crippen LogP contribution in [0.3, 0.4) is 0 Å². The van der Waals surface area contributed by atoms with E-state index in [1.165, 1.54) is 11.3 Å². The van der Waals surface area contributed by atoms with Gasteiger partial charge in [0.15, 0.2) is 11.5 Å². The van der Waals surface area contributed by atoms with Gasteiger partial charge < -0.3 is 4.74 Å². The average Bonchev–Trinajstić information content (AvgIpc) is 3.06. The van der Waals surface area contributed by atoms with E-state index in [0.29, 0.717) is 16.7 Å². The van der Waals surface area contributed by atoms with Crippen molar-refractivity contribution < 1.29 is 19.1 Å². The monoisotopic (exact) mass is 310 g/mol. The predicted octanol–water partition coefficient (Wildman–Crippen LogP) is 3.11. The summed E-state index contributed by atoms with van der Waals surface area (Å²) in [6.07, 6.45) is 0.0801. The lowest BCUT2D eigenvalue weighted by Crippen LogP contribution is -2.32. The molecule has 0 N–H and O–H groups in total. The van der Waals surface area contributed by atoms with Gasteiger partial charge in [-0.05, 0) is 22.4 Å². The maximum absolute atomic E-state index is 12.8. The number of thiophene rings is 1. The Morgan fingerprint density at radius 2 is 1.73 bits per heavy atom. The Kier molecular flexibility index (Phi) is 2.84. The van der Waals surface area contributed by atoms with Gasteiger partial charge in [-0.15, -0.1) is 0 Å². The van der Waals surface area contributed by atoms with Crippen LogP contribution in [-0.2, 0) is 9.53 Å². The fourth-order valence-electron chi connectivity index (χ4n) is 2.97. The van der Waals surface area contributed by atoms with Crippen molar-refractivity contribution in [3.63, 3.8) is 0 Å². The van der Waals surface area contributed by atoms with E-state index in [2.05, 4.69) is 0 Å². The second-order valence-corrected chi connectivity index (χ2v) is 6.01. The van der Waals surface area contributed by atoms with Gasteiger partial charge in [0, 0.05) is 17.0 Å². The zero-order valence-corrected chi connectivity index (χ0v) is 12.2. The zero-order valence-electron chi connectivity index (χ0n) is 11.4. The maximum atomic E-state index is 12.8. The van der Waals surface area contributed by atoms with Crippen molar-refractivity contribution >= 4 is 28.9 Å². The summed E-state index contributed by atoms with van der Waals surface area (Å²) in [6, 6.07) is 8.51. The minimum Gasteiger partial charge on any atom is -0.422 e. The molecule has 4 nitrogen and oxygen atoms in total. The first-order valence-electron chi connectivity index (χ1n) is 6.82. The molecule has 5 heteroatoms. The first-order valence-corrected chi connectivity index (χ1v) is 7.76. The third kappa shape index (κ3) is 1.79. The number of Topliss-reactive ketones (excluding diaryl/α,β-unsaturated/α-hetero) is 2. The highest BCUT2D eigenvalue weighted by molar-refractivity contribution is 7.08. The summed E-state index contributed by atoms with van der Waals surface area (Å²) in [4.78, 5) is 37.3. The van der Waals surface area contributed by atoms with E-state index in [-0.39, 0.29) is 18.0 Å². The van der Waals surface area contributed by atoms with E-state index in [1.54, 1.807) is 24.3 Å². The first-order chi connectivity index (χ1) is 10.7. The third-order valence-electron chi connectivity index (χ3n) is 3.99. The van der Waals surface area contributed by atoms with E-state index in [9.17, 15) is 14.4 Å². The minimum atomic E-state index is -0.476. The van der Waals surface area contributed by atoms with Gasteiger partial charge in [-0.3, -0.25) is 14.4 Å². The lowest BCUT2D eigenvalue weighted by atomic mass is 9.77. The summed E-state index contributed by atoms with van der Waals surface area (Å²) in [5.41, 5.74) is 1.85. The van der Waals surface area contributed by atoms with Crippen molar-refractivity contribution in [2.24, 2.45) is 0 Å². The molecule has 2 aliphatic rings. The van der Waals surface area contributed by atoms with Crippen LogP contribution in [0.5, 0.6) is 0 Å². The topological polar surface area (TPSA) is 60.4 Å². The van der Waals surface area contributed by atoms with Gasteiger partial charge in [0.2, 0.25) is 5.78 Å². The van der Waals surface area contributed by atoms with Gasteiger partial charge in [0.1, 0.15) is 0 Å². The standard InChI is InChI=1S/C17H10O4S/c18-13-7-12(9-5-6-22-8-9)14-15(19)10-3-1-2-4-11(10)16(20)17(14)21-13/h1-6,8,12H,7H2/t12-/m0/s1. The van der Waals surface area contributed by atoms with Crippen molar-refractivity contribution in [1.29, 1.82) is 0 Å². The normalized spacial score (nSPS) is 20.5. The van der Waals surface area contributed by atoms with Crippen LogP contribution < -0.4 is 0 Å². The van der Waals surface area contributed by atoms with Crippen LogP contribution in [0.4, 0.5) is 0 Å². The molecule has 0 amide bonds. The Morgan fingerprint density at radius 3 is 2.41 bits per heavy atom. The SMILES string of the molecule is O=C1C[C@@H](c2ccsc2)C2=C(O1)C(=O)c1ccccc1C2=O. The summed E-state index contributed by atoms with van der Waals surface area (Å²) in [7, 11) is 0. The molecule has 1 aliphatic carbocycles. The molecule has 2 aromatic rings. The van der Waals surface area contributed by atoms with Crippen LogP contribution >= 0.6 is 11.3 Å². The van der Waals surface area contributed by atoms with Crippen molar-refractivity contribution in [3.05, 3.63) is 69.1 Å². The molecule has 0 radical (unpaired) electrons. The van der Waals surface area contributed by atoms with E-state index in [4.69, 9.17) is 4.74 Å². The number of hydrogen-bond donors (Lipinski definition) is 0. The Morgan fingerprint density at radius 1 is 1.00 bits per heavy atom. The van der Waals surface area contributed by atoms with E-state index in [1.807, 2.05) is 16.8 Å². The second kappa shape index (κ2) is 4.74. The number of ketones is 2. The maximum Gasteiger partial charge on any atom is 0.312 e. The van der Waals surface area contributed by atoms with Gasteiger partial charge >= 0.3 is 5.97 Å². The van der Waals surface area contributed by atoms with Crippen molar-refractivity contribution in [2.75, 3.05) is 0 Å². The fourth-order valence-corrected chi connectivity index (χ4v) is 3.69. The molecule has 1 aliphatic heterocycles. The fraction of sp³-hybridized carbons (Fsp3) is 0.118. The summed E-state index contributed by atoms with van der Waals surface area (Å²) in [5.74, 6) is -1.61. The molecule has 0 spiro atoms. The van der Waals surface area contributed by atoms with E-state index in [0.717, 1.165) is 5.56 Å². The van der Waals surface area contributed by atoms with E-state index < -0.39 is 17.7 Å². The van der Waals surface area contributed by atoms with Gasteiger partial charge in [0.25, 0.3) is 0 Å². The van der Waals surface area contributed by atoms with Crippen LogP contribution in [0, 0.1) is 0 Å². The molecule has 0 unspecified atom stereocenters. The van der Waals surface area contributed by atoms with Gasteiger partial charge in [-0.2, -0.15) is 11.3 Å². The van der Waals surface area contributed by atoms with Crippen molar-refractivity contribution in [1.82, 2.24) is 0 Å². The highest BCUT2D eigenvalue weighted by atomic mass is 32.1. The molecule has 1 aromatic carbocycles. The number of rotatable bonds is 1. The lowest BCUT2D eigenvalue weighted by Gasteiger charge is -2.29. The molecule has 0 bridgehead atoms. The summed E-state index contributed by atoms with van der Waals surface area (Å²) in [5, 5.41) is 3.78. The second-order valence-electron chi connectivity index (χ2n) is 5.23.